The standard InChI is InChI=1S/C14H13NO4/c1-9-8-11(15(17)18)6-7-13(9)19-14-5-3-4-12(16)10(14)2/h3-8,16H,1-2H3. The van der Waals surface area contributed by atoms with Crippen molar-refractivity contribution in [2.75, 3.05) is 0 Å². The highest BCUT2D eigenvalue weighted by atomic mass is 16.6. The van der Waals surface area contributed by atoms with Crippen LogP contribution in [0.15, 0.2) is 36.4 Å². The molecule has 0 amide bonds. The summed E-state index contributed by atoms with van der Waals surface area (Å²) in [5.74, 6) is 1.20. The fraction of sp³-hybridized carbons (Fsp3) is 0.143. The van der Waals surface area contributed by atoms with Crippen LogP contribution in [0.5, 0.6) is 17.2 Å². The second-order valence-corrected chi connectivity index (χ2v) is 4.21. The Hall–Kier alpha value is -2.56. The molecule has 1 N–H and O–H groups in total. The Kier molecular flexibility index (Phi) is 3.37. The van der Waals surface area contributed by atoms with Gasteiger partial charge in [-0.25, -0.2) is 0 Å². The summed E-state index contributed by atoms with van der Waals surface area (Å²) < 4.78 is 5.67. The van der Waals surface area contributed by atoms with Gasteiger partial charge in [-0.3, -0.25) is 10.1 Å². The summed E-state index contributed by atoms with van der Waals surface area (Å²) in [4.78, 5) is 10.2. The van der Waals surface area contributed by atoms with Crippen LogP contribution in [0.4, 0.5) is 5.69 Å². The molecule has 98 valence electrons. The Labute approximate surface area is 110 Å². The van der Waals surface area contributed by atoms with E-state index in [1.807, 2.05) is 0 Å². The van der Waals surface area contributed by atoms with Crippen LogP contribution in [-0.2, 0) is 0 Å². The second kappa shape index (κ2) is 4.97. The number of aromatic hydroxyl groups is 1. The van der Waals surface area contributed by atoms with Crippen molar-refractivity contribution in [3.8, 4) is 17.2 Å². The van der Waals surface area contributed by atoms with Crippen LogP contribution in [0, 0.1) is 24.0 Å². The van der Waals surface area contributed by atoms with Gasteiger partial charge in [0, 0.05) is 17.7 Å². The predicted octanol–water partition coefficient (Wildman–Crippen LogP) is 3.71. The highest BCUT2D eigenvalue weighted by Gasteiger charge is 2.11. The molecule has 0 aliphatic heterocycles. The van der Waals surface area contributed by atoms with E-state index in [4.69, 9.17) is 4.74 Å². The number of phenolic OH excluding ortho intramolecular Hbond substituents is 1. The highest BCUT2D eigenvalue weighted by molar-refractivity contribution is 5.48. The van der Waals surface area contributed by atoms with E-state index in [9.17, 15) is 15.2 Å². The molecule has 0 bridgehead atoms. The monoisotopic (exact) mass is 259 g/mol. The van der Waals surface area contributed by atoms with Gasteiger partial charge in [0.1, 0.15) is 17.2 Å². The summed E-state index contributed by atoms with van der Waals surface area (Å²) in [6, 6.07) is 9.38. The van der Waals surface area contributed by atoms with E-state index in [0.717, 1.165) is 0 Å². The molecule has 2 rings (SSSR count). The number of hydrogen-bond acceptors (Lipinski definition) is 4. The lowest BCUT2D eigenvalue weighted by atomic mass is 10.2. The third kappa shape index (κ3) is 2.65. The molecular formula is C14H13NO4. The van der Waals surface area contributed by atoms with Gasteiger partial charge < -0.3 is 9.84 Å². The average Bonchev–Trinajstić information content (AvgIpc) is 2.37. The van der Waals surface area contributed by atoms with Crippen LogP contribution in [-0.4, -0.2) is 10.0 Å². The van der Waals surface area contributed by atoms with Gasteiger partial charge in [0.05, 0.1) is 4.92 Å². The summed E-state index contributed by atoms with van der Waals surface area (Å²) >= 11 is 0. The topological polar surface area (TPSA) is 72.6 Å². The van der Waals surface area contributed by atoms with Crippen molar-refractivity contribution < 1.29 is 14.8 Å². The molecule has 0 saturated heterocycles. The molecule has 2 aromatic carbocycles. The summed E-state index contributed by atoms with van der Waals surface area (Å²) in [5.41, 5.74) is 1.31. The maximum Gasteiger partial charge on any atom is 0.269 e. The molecular weight excluding hydrogens is 246 g/mol. The minimum atomic E-state index is -0.448. The van der Waals surface area contributed by atoms with Crippen LogP contribution < -0.4 is 4.74 Å². The Morgan fingerprint density at radius 2 is 1.89 bits per heavy atom. The van der Waals surface area contributed by atoms with Crippen molar-refractivity contribution in [1.29, 1.82) is 0 Å². The fourth-order valence-corrected chi connectivity index (χ4v) is 1.69. The van der Waals surface area contributed by atoms with E-state index in [2.05, 4.69) is 0 Å². The molecule has 0 heterocycles. The van der Waals surface area contributed by atoms with Gasteiger partial charge in [0.15, 0.2) is 0 Å². The van der Waals surface area contributed by atoms with E-state index in [-0.39, 0.29) is 11.4 Å². The molecule has 2 aromatic rings. The number of nitro benzene ring substituents is 1. The molecule has 0 spiro atoms. The normalized spacial score (nSPS) is 10.2. The predicted molar refractivity (Wildman–Crippen MR) is 70.8 cm³/mol. The molecule has 5 heteroatoms. The van der Waals surface area contributed by atoms with E-state index in [1.165, 1.54) is 12.1 Å². The van der Waals surface area contributed by atoms with Gasteiger partial charge in [-0.05, 0) is 37.6 Å². The number of rotatable bonds is 3. The van der Waals surface area contributed by atoms with Crippen molar-refractivity contribution in [2.45, 2.75) is 13.8 Å². The number of benzene rings is 2. The first-order chi connectivity index (χ1) is 8.99. The number of non-ortho nitro benzene ring substituents is 1. The first-order valence-corrected chi connectivity index (χ1v) is 5.70. The third-order valence-electron chi connectivity index (χ3n) is 2.84. The zero-order valence-electron chi connectivity index (χ0n) is 10.6. The molecule has 0 unspecified atom stereocenters. The van der Waals surface area contributed by atoms with Gasteiger partial charge in [-0.1, -0.05) is 6.07 Å². The maximum atomic E-state index is 10.7. The number of aryl methyl sites for hydroxylation is 1. The third-order valence-corrected chi connectivity index (χ3v) is 2.84. The number of hydrogen-bond donors (Lipinski definition) is 1. The summed E-state index contributed by atoms with van der Waals surface area (Å²) in [6.45, 7) is 3.48. The molecule has 19 heavy (non-hydrogen) atoms. The number of nitro groups is 1. The van der Waals surface area contributed by atoms with Crippen LogP contribution in [0.25, 0.3) is 0 Å². The summed E-state index contributed by atoms with van der Waals surface area (Å²) in [5, 5.41) is 20.2. The van der Waals surface area contributed by atoms with E-state index >= 15 is 0 Å². The van der Waals surface area contributed by atoms with Gasteiger partial charge >= 0.3 is 0 Å². The van der Waals surface area contributed by atoms with Gasteiger partial charge in [-0.2, -0.15) is 0 Å². The maximum absolute atomic E-state index is 10.7. The van der Waals surface area contributed by atoms with Crippen molar-refractivity contribution in [1.82, 2.24) is 0 Å². The van der Waals surface area contributed by atoms with Gasteiger partial charge in [0.2, 0.25) is 0 Å². The van der Waals surface area contributed by atoms with E-state index in [1.54, 1.807) is 38.1 Å². The van der Waals surface area contributed by atoms with Crippen molar-refractivity contribution >= 4 is 5.69 Å². The van der Waals surface area contributed by atoms with Crippen molar-refractivity contribution in [3.05, 3.63) is 57.6 Å². The van der Waals surface area contributed by atoms with E-state index in [0.29, 0.717) is 22.6 Å². The van der Waals surface area contributed by atoms with Gasteiger partial charge in [0.25, 0.3) is 5.69 Å². The Morgan fingerprint density at radius 3 is 2.53 bits per heavy atom. The minimum Gasteiger partial charge on any atom is -0.508 e. The Balaban J connectivity index is 2.34. The average molecular weight is 259 g/mol. The molecule has 0 radical (unpaired) electrons. The molecule has 5 nitrogen and oxygen atoms in total. The van der Waals surface area contributed by atoms with Gasteiger partial charge in [-0.15, -0.1) is 0 Å². The van der Waals surface area contributed by atoms with E-state index < -0.39 is 4.92 Å². The molecule has 0 saturated carbocycles. The lowest BCUT2D eigenvalue weighted by Crippen LogP contribution is -1.93. The number of ether oxygens (including phenoxy) is 1. The largest absolute Gasteiger partial charge is 0.508 e. The van der Waals surface area contributed by atoms with Crippen LogP contribution in [0.3, 0.4) is 0 Å². The minimum absolute atomic E-state index is 0.0254. The Bertz CT molecular complexity index is 637. The van der Waals surface area contributed by atoms with Crippen molar-refractivity contribution in [3.63, 3.8) is 0 Å². The molecule has 0 atom stereocenters. The molecule has 0 aromatic heterocycles. The molecule has 0 aliphatic carbocycles. The summed E-state index contributed by atoms with van der Waals surface area (Å²) in [7, 11) is 0. The zero-order valence-corrected chi connectivity index (χ0v) is 10.6. The first kappa shape index (κ1) is 12.9. The summed E-state index contributed by atoms with van der Waals surface area (Å²) in [6.07, 6.45) is 0. The Morgan fingerprint density at radius 1 is 1.16 bits per heavy atom. The highest BCUT2D eigenvalue weighted by Crippen LogP contribution is 2.32. The molecule has 0 fully saturated rings. The second-order valence-electron chi connectivity index (χ2n) is 4.21. The lowest BCUT2D eigenvalue weighted by Gasteiger charge is -2.11. The van der Waals surface area contributed by atoms with Crippen molar-refractivity contribution in [2.24, 2.45) is 0 Å². The van der Waals surface area contributed by atoms with Crippen LogP contribution in [0.2, 0.25) is 0 Å². The fourth-order valence-electron chi connectivity index (χ4n) is 1.69. The smallest absolute Gasteiger partial charge is 0.269 e. The number of phenols is 1. The SMILES string of the molecule is Cc1cc([N+](=O)[O-])ccc1Oc1cccc(O)c1C. The number of nitrogens with zero attached hydrogens (tertiary/aromatic N) is 1. The molecule has 0 aliphatic rings. The van der Waals surface area contributed by atoms with Crippen LogP contribution >= 0.6 is 0 Å². The van der Waals surface area contributed by atoms with Crippen LogP contribution in [0.1, 0.15) is 11.1 Å². The quantitative estimate of drug-likeness (QED) is 0.673. The zero-order chi connectivity index (χ0) is 14.0. The lowest BCUT2D eigenvalue weighted by molar-refractivity contribution is -0.384. The first-order valence-electron chi connectivity index (χ1n) is 5.70.